The smallest absolute Gasteiger partial charge is 0.144 e. The number of rotatable bonds is 3. The predicted molar refractivity (Wildman–Crippen MR) is 80.7 cm³/mol. The Bertz CT molecular complexity index is 512. The van der Waals surface area contributed by atoms with Gasteiger partial charge >= 0.3 is 0 Å². The lowest BCUT2D eigenvalue weighted by molar-refractivity contribution is -0.0847. The topological polar surface area (TPSA) is 38.7 Å². The second-order valence-electron chi connectivity index (χ2n) is 6.31. The van der Waals surface area contributed by atoms with E-state index in [-0.39, 0.29) is 18.3 Å². The van der Waals surface area contributed by atoms with Gasteiger partial charge in [-0.1, -0.05) is 23.2 Å². The maximum absolute atomic E-state index is 9.45. The quantitative estimate of drug-likeness (QED) is 0.907. The van der Waals surface area contributed by atoms with Crippen molar-refractivity contribution in [1.82, 2.24) is 0 Å². The maximum Gasteiger partial charge on any atom is 0.144 e. The van der Waals surface area contributed by atoms with Crippen LogP contribution >= 0.6 is 23.2 Å². The third-order valence-corrected chi connectivity index (χ3v) is 4.01. The molecule has 1 heterocycles. The molecule has 1 N–H and O–H groups in total. The number of halogens is 2. The van der Waals surface area contributed by atoms with Crippen LogP contribution in [0.25, 0.3) is 0 Å². The molecular formula is C15H20Cl2O3. The highest BCUT2D eigenvalue weighted by Gasteiger charge is 2.47. The summed E-state index contributed by atoms with van der Waals surface area (Å²) in [5.74, 6) is 0.484. The monoisotopic (exact) mass is 318 g/mol. The van der Waals surface area contributed by atoms with Crippen molar-refractivity contribution in [3.63, 3.8) is 0 Å². The molecule has 1 aliphatic rings. The molecule has 112 valence electrons. The van der Waals surface area contributed by atoms with E-state index in [1.54, 1.807) is 12.1 Å². The van der Waals surface area contributed by atoms with Gasteiger partial charge in [-0.3, -0.25) is 0 Å². The van der Waals surface area contributed by atoms with Gasteiger partial charge in [0.05, 0.1) is 17.2 Å². The van der Waals surface area contributed by atoms with Crippen LogP contribution in [-0.2, 0) is 11.3 Å². The molecule has 1 fully saturated rings. The van der Waals surface area contributed by atoms with Crippen LogP contribution < -0.4 is 4.74 Å². The third kappa shape index (κ3) is 3.22. The zero-order chi connectivity index (χ0) is 15.1. The highest BCUT2D eigenvalue weighted by atomic mass is 35.5. The molecule has 20 heavy (non-hydrogen) atoms. The zero-order valence-corrected chi connectivity index (χ0v) is 13.7. The van der Waals surface area contributed by atoms with Crippen molar-refractivity contribution in [2.24, 2.45) is 0 Å². The molecule has 1 aliphatic heterocycles. The number of ether oxygens (including phenoxy) is 2. The van der Waals surface area contributed by atoms with Gasteiger partial charge in [0.1, 0.15) is 17.5 Å². The zero-order valence-electron chi connectivity index (χ0n) is 12.2. The first-order valence-electron chi connectivity index (χ1n) is 6.60. The molecule has 3 nitrogen and oxygen atoms in total. The van der Waals surface area contributed by atoms with Crippen LogP contribution in [0, 0.1) is 0 Å². The molecule has 0 bridgehead atoms. The standard InChI is InChI=1S/C15H20Cl2O3/c1-14(2)7-12(15(3,4)20-14)19-13-9(8-18)5-10(16)6-11(13)17/h5-6,12,18H,7-8H2,1-4H3. The van der Waals surface area contributed by atoms with E-state index < -0.39 is 5.60 Å². The van der Waals surface area contributed by atoms with Crippen molar-refractivity contribution < 1.29 is 14.6 Å². The van der Waals surface area contributed by atoms with Crippen LogP contribution in [0.15, 0.2) is 12.1 Å². The normalized spacial score (nSPS) is 23.9. The third-order valence-electron chi connectivity index (χ3n) is 3.51. The van der Waals surface area contributed by atoms with E-state index in [4.69, 9.17) is 32.7 Å². The summed E-state index contributed by atoms with van der Waals surface area (Å²) in [6, 6.07) is 3.28. The second kappa shape index (κ2) is 5.38. The highest BCUT2D eigenvalue weighted by Crippen LogP contribution is 2.42. The summed E-state index contributed by atoms with van der Waals surface area (Å²) in [5.41, 5.74) is -0.0750. The lowest BCUT2D eigenvalue weighted by Gasteiger charge is -2.28. The first-order chi connectivity index (χ1) is 9.14. The molecule has 5 heteroatoms. The number of aliphatic hydroxyl groups excluding tert-OH is 1. The van der Waals surface area contributed by atoms with Gasteiger partial charge in [-0.2, -0.15) is 0 Å². The minimum Gasteiger partial charge on any atom is -0.485 e. The summed E-state index contributed by atoms with van der Waals surface area (Å²) < 4.78 is 12.1. The molecule has 0 amide bonds. The number of hydrogen-bond acceptors (Lipinski definition) is 3. The van der Waals surface area contributed by atoms with Crippen LogP contribution in [0.4, 0.5) is 0 Å². The average Bonchev–Trinajstić information content (AvgIpc) is 2.49. The van der Waals surface area contributed by atoms with Gasteiger partial charge in [0.15, 0.2) is 0 Å². The fraction of sp³-hybridized carbons (Fsp3) is 0.600. The van der Waals surface area contributed by atoms with Gasteiger partial charge in [-0.15, -0.1) is 0 Å². The van der Waals surface area contributed by atoms with Crippen molar-refractivity contribution in [2.75, 3.05) is 0 Å². The number of aliphatic hydroxyl groups is 1. The molecule has 0 spiro atoms. The highest BCUT2D eigenvalue weighted by molar-refractivity contribution is 6.35. The Morgan fingerprint density at radius 2 is 1.95 bits per heavy atom. The summed E-state index contributed by atoms with van der Waals surface area (Å²) in [4.78, 5) is 0. The summed E-state index contributed by atoms with van der Waals surface area (Å²) >= 11 is 12.1. The van der Waals surface area contributed by atoms with E-state index in [1.165, 1.54) is 0 Å². The SMILES string of the molecule is CC1(C)CC(Oc2c(Cl)cc(Cl)cc2CO)C(C)(C)O1. The van der Waals surface area contributed by atoms with E-state index in [0.717, 1.165) is 6.42 Å². The average molecular weight is 319 g/mol. The Balaban J connectivity index is 2.31. The maximum atomic E-state index is 9.45. The van der Waals surface area contributed by atoms with Gasteiger partial charge in [0.2, 0.25) is 0 Å². The number of hydrogen-bond donors (Lipinski definition) is 1. The molecule has 1 saturated heterocycles. The van der Waals surface area contributed by atoms with E-state index in [9.17, 15) is 5.11 Å². The molecule has 1 aromatic rings. The molecule has 0 aromatic heterocycles. The van der Waals surface area contributed by atoms with Crippen LogP contribution in [0.1, 0.15) is 39.7 Å². The summed E-state index contributed by atoms with van der Waals surface area (Å²) in [6.07, 6.45) is 0.616. The molecule has 0 saturated carbocycles. The second-order valence-corrected chi connectivity index (χ2v) is 7.15. The Kier molecular flexibility index (Phi) is 4.27. The van der Waals surface area contributed by atoms with Crippen LogP contribution in [0.2, 0.25) is 10.0 Å². The van der Waals surface area contributed by atoms with Gasteiger partial charge in [0.25, 0.3) is 0 Å². The summed E-state index contributed by atoms with van der Waals surface area (Å²) in [5, 5.41) is 10.3. The van der Waals surface area contributed by atoms with Crippen molar-refractivity contribution in [2.45, 2.75) is 58.0 Å². The van der Waals surface area contributed by atoms with Crippen LogP contribution in [-0.4, -0.2) is 22.4 Å². The van der Waals surface area contributed by atoms with E-state index in [2.05, 4.69) is 0 Å². The largest absolute Gasteiger partial charge is 0.485 e. The van der Waals surface area contributed by atoms with Gasteiger partial charge < -0.3 is 14.6 Å². The molecule has 1 aromatic carbocycles. The minimum atomic E-state index is -0.417. The first kappa shape index (κ1) is 15.9. The Labute approximate surface area is 129 Å². The number of benzene rings is 1. The van der Waals surface area contributed by atoms with Gasteiger partial charge in [-0.25, -0.2) is 0 Å². The van der Waals surface area contributed by atoms with Crippen molar-refractivity contribution in [1.29, 1.82) is 0 Å². The van der Waals surface area contributed by atoms with Crippen LogP contribution in [0.3, 0.4) is 0 Å². The lowest BCUT2D eigenvalue weighted by Crippen LogP contribution is -2.37. The van der Waals surface area contributed by atoms with Crippen molar-refractivity contribution >= 4 is 23.2 Å². The summed E-state index contributed by atoms with van der Waals surface area (Å²) in [7, 11) is 0. The molecule has 0 aliphatic carbocycles. The van der Waals surface area contributed by atoms with Crippen molar-refractivity contribution in [3.8, 4) is 5.75 Å². The Hall–Kier alpha value is -0.480. The van der Waals surface area contributed by atoms with Gasteiger partial charge in [0, 0.05) is 17.0 Å². The first-order valence-corrected chi connectivity index (χ1v) is 7.36. The molecule has 0 radical (unpaired) electrons. The molecular weight excluding hydrogens is 299 g/mol. The summed E-state index contributed by atoms with van der Waals surface area (Å²) in [6.45, 7) is 7.89. The lowest BCUT2D eigenvalue weighted by atomic mass is 9.97. The molecule has 1 unspecified atom stereocenters. The van der Waals surface area contributed by atoms with Crippen LogP contribution in [0.5, 0.6) is 5.75 Å². The van der Waals surface area contributed by atoms with E-state index >= 15 is 0 Å². The fourth-order valence-corrected chi connectivity index (χ4v) is 3.28. The van der Waals surface area contributed by atoms with E-state index in [1.807, 2.05) is 27.7 Å². The minimum absolute atomic E-state index is 0.138. The molecule has 2 rings (SSSR count). The Morgan fingerprint density at radius 1 is 1.30 bits per heavy atom. The van der Waals surface area contributed by atoms with Crippen molar-refractivity contribution in [3.05, 3.63) is 27.7 Å². The fourth-order valence-electron chi connectivity index (χ4n) is 2.70. The van der Waals surface area contributed by atoms with Gasteiger partial charge in [-0.05, 0) is 39.8 Å². The predicted octanol–water partition coefficient (Wildman–Crippen LogP) is 4.21. The Morgan fingerprint density at radius 3 is 2.45 bits per heavy atom. The molecule has 1 atom stereocenters. The van der Waals surface area contributed by atoms with E-state index in [0.29, 0.717) is 21.4 Å².